The molecule has 1 aromatic rings. The highest BCUT2D eigenvalue weighted by molar-refractivity contribution is 6.29. The number of hydrogen-bond acceptors (Lipinski definition) is 3. The van der Waals surface area contributed by atoms with Crippen LogP contribution in [0.25, 0.3) is 0 Å². The molecule has 4 nitrogen and oxygen atoms in total. The third-order valence-corrected chi connectivity index (χ3v) is 1.41. The number of halogens is 1. The maximum Gasteiger partial charge on any atom is 0.236 e. The molecule has 68 valence electrons. The van der Waals surface area contributed by atoms with E-state index in [0.29, 0.717) is 5.15 Å². The number of carbonyl (C=O) groups is 1. The van der Waals surface area contributed by atoms with Gasteiger partial charge in [-0.25, -0.2) is 10.4 Å². The topological polar surface area (TPSA) is 54.4 Å². The molecule has 1 rings (SSSR count). The Balaban J connectivity index is 2.59. The molecule has 0 aliphatic carbocycles. The molecule has 13 heavy (non-hydrogen) atoms. The first kappa shape index (κ1) is 9.67. The first-order valence-corrected chi connectivity index (χ1v) is 3.97. The SMILES string of the molecule is CC(=O)N/N=C/c1ccc(Cl)nc1. The van der Waals surface area contributed by atoms with Crippen molar-refractivity contribution in [3.05, 3.63) is 29.0 Å². The highest BCUT2D eigenvalue weighted by atomic mass is 35.5. The number of nitrogens with one attached hydrogen (secondary N) is 1. The molecule has 0 radical (unpaired) electrons. The maximum atomic E-state index is 10.4. The average molecular weight is 198 g/mol. The Hall–Kier alpha value is -1.42. The summed E-state index contributed by atoms with van der Waals surface area (Å²) in [7, 11) is 0. The molecule has 0 unspecified atom stereocenters. The summed E-state index contributed by atoms with van der Waals surface area (Å²) in [6.07, 6.45) is 3.05. The van der Waals surface area contributed by atoms with Gasteiger partial charge in [0.15, 0.2) is 0 Å². The van der Waals surface area contributed by atoms with Crippen molar-refractivity contribution in [2.45, 2.75) is 6.92 Å². The fourth-order valence-electron chi connectivity index (χ4n) is 0.661. The summed E-state index contributed by atoms with van der Waals surface area (Å²) in [4.78, 5) is 14.3. The lowest BCUT2D eigenvalue weighted by Crippen LogP contribution is -2.12. The van der Waals surface area contributed by atoms with Crippen LogP contribution in [0.4, 0.5) is 0 Å². The van der Waals surface area contributed by atoms with Crippen LogP contribution >= 0.6 is 11.6 Å². The summed E-state index contributed by atoms with van der Waals surface area (Å²) in [5, 5.41) is 4.09. The van der Waals surface area contributed by atoms with E-state index in [1.807, 2.05) is 0 Å². The number of rotatable bonds is 2. The Morgan fingerprint density at radius 2 is 2.46 bits per heavy atom. The lowest BCUT2D eigenvalue weighted by Gasteiger charge is -1.92. The van der Waals surface area contributed by atoms with Crippen molar-refractivity contribution in [1.82, 2.24) is 10.4 Å². The molecule has 0 atom stereocenters. The highest BCUT2D eigenvalue weighted by Gasteiger charge is 1.89. The van der Waals surface area contributed by atoms with E-state index < -0.39 is 0 Å². The van der Waals surface area contributed by atoms with Crippen LogP contribution in [-0.4, -0.2) is 17.1 Å². The standard InChI is InChI=1S/C8H8ClN3O/c1-6(13)12-11-5-7-2-3-8(9)10-4-7/h2-5H,1H3,(H,12,13)/b11-5+. The molecule has 0 aliphatic heterocycles. The van der Waals surface area contributed by atoms with Gasteiger partial charge in [-0.15, -0.1) is 0 Å². The van der Waals surface area contributed by atoms with Crippen molar-refractivity contribution in [2.75, 3.05) is 0 Å². The number of nitrogens with zero attached hydrogens (tertiary/aromatic N) is 2. The first-order valence-electron chi connectivity index (χ1n) is 3.59. The van der Waals surface area contributed by atoms with Crippen molar-refractivity contribution < 1.29 is 4.79 Å². The predicted octanol–water partition coefficient (Wildman–Crippen LogP) is 1.21. The smallest absolute Gasteiger partial charge is 0.236 e. The molecule has 5 heteroatoms. The number of aromatic nitrogens is 1. The van der Waals surface area contributed by atoms with Gasteiger partial charge in [0.25, 0.3) is 0 Å². The van der Waals surface area contributed by atoms with Crippen LogP contribution in [0.1, 0.15) is 12.5 Å². The van der Waals surface area contributed by atoms with Crippen LogP contribution in [0.15, 0.2) is 23.4 Å². The molecule has 0 bridgehead atoms. The zero-order chi connectivity index (χ0) is 9.68. The zero-order valence-electron chi connectivity index (χ0n) is 6.99. The molecule has 1 aromatic heterocycles. The van der Waals surface area contributed by atoms with Crippen LogP contribution in [0.5, 0.6) is 0 Å². The molecular formula is C8H8ClN3O. The number of hydrogen-bond donors (Lipinski definition) is 1. The van der Waals surface area contributed by atoms with Crippen molar-refractivity contribution in [1.29, 1.82) is 0 Å². The largest absolute Gasteiger partial charge is 0.274 e. The van der Waals surface area contributed by atoms with Gasteiger partial charge < -0.3 is 0 Å². The second-order valence-electron chi connectivity index (χ2n) is 2.34. The average Bonchev–Trinajstić information content (AvgIpc) is 2.08. The fraction of sp³-hybridized carbons (Fsp3) is 0.125. The second-order valence-corrected chi connectivity index (χ2v) is 2.73. The third-order valence-electron chi connectivity index (χ3n) is 1.19. The van der Waals surface area contributed by atoms with Crippen molar-refractivity contribution in [2.24, 2.45) is 5.10 Å². The lowest BCUT2D eigenvalue weighted by molar-refractivity contribution is -0.118. The van der Waals surface area contributed by atoms with E-state index in [9.17, 15) is 4.79 Å². The summed E-state index contributed by atoms with van der Waals surface area (Å²) >= 11 is 5.57. The minimum Gasteiger partial charge on any atom is -0.274 e. The fourth-order valence-corrected chi connectivity index (χ4v) is 0.773. The van der Waals surface area contributed by atoms with E-state index in [2.05, 4.69) is 15.5 Å². The zero-order valence-corrected chi connectivity index (χ0v) is 7.75. The van der Waals surface area contributed by atoms with Crippen LogP contribution in [-0.2, 0) is 4.79 Å². The summed E-state index contributed by atoms with van der Waals surface area (Å²) in [6, 6.07) is 3.40. The van der Waals surface area contributed by atoms with E-state index in [0.717, 1.165) is 5.56 Å². The molecule has 0 saturated heterocycles. The van der Waals surface area contributed by atoms with E-state index in [-0.39, 0.29) is 5.91 Å². The monoisotopic (exact) mass is 197 g/mol. The maximum absolute atomic E-state index is 10.4. The molecule has 0 aliphatic rings. The third kappa shape index (κ3) is 3.66. The summed E-state index contributed by atoms with van der Waals surface area (Å²) in [5.41, 5.74) is 3.05. The van der Waals surface area contributed by atoms with Gasteiger partial charge in [0.05, 0.1) is 6.21 Å². The number of pyridine rings is 1. The molecule has 0 aromatic carbocycles. The van der Waals surface area contributed by atoms with Crippen LogP contribution in [0.2, 0.25) is 5.15 Å². The molecule has 1 heterocycles. The molecular weight excluding hydrogens is 190 g/mol. The number of amides is 1. The minimum absolute atomic E-state index is 0.210. The number of carbonyl (C=O) groups excluding carboxylic acids is 1. The summed E-state index contributed by atoms with van der Waals surface area (Å²) in [6.45, 7) is 1.39. The van der Waals surface area contributed by atoms with Crippen LogP contribution in [0, 0.1) is 0 Å². The van der Waals surface area contributed by atoms with Crippen LogP contribution < -0.4 is 5.43 Å². The van der Waals surface area contributed by atoms with Gasteiger partial charge in [0, 0.05) is 18.7 Å². The molecule has 0 fully saturated rings. The Labute approximate surface area is 80.6 Å². The lowest BCUT2D eigenvalue weighted by atomic mass is 10.3. The Bertz CT molecular complexity index is 321. The van der Waals surface area contributed by atoms with E-state index in [4.69, 9.17) is 11.6 Å². The van der Waals surface area contributed by atoms with Gasteiger partial charge in [0.1, 0.15) is 5.15 Å². The van der Waals surface area contributed by atoms with E-state index >= 15 is 0 Å². The van der Waals surface area contributed by atoms with Crippen molar-refractivity contribution in [3.8, 4) is 0 Å². The highest BCUT2D eigenvalue weighted by Crippen LogP contribution is 2.02. The summed E-state index contributed by atoms with van der Waals surface area (Å²) < 4.78 is 0. The molecule has 1 N–H and O–H groups in total. The van der Waals surface area contributed by atoms with Gasteiger partial charge in [0.2, 0.25) is 5.91 Å². The Morgan fingerprint density at radius 3 is 3.00 bits per heavy atom. The van der Waals surface area contributed by atoms with Gasteiger partial charge >= 0.3 is 0 Å². The van der Waals surface area contributed by atoms with Gasteiger partial charge in [-0.05, 0) is 12.1 Å². The minimum atomic E-state index is -0.210. The van der Waals surface area contributed by atoms with E-state index in [1.165, 1.54) is 13.1 Å². The quantitative estimate of drug-likeness (QED) is 0.440. The van der Waals surface area contributed by atoms with Crippen molar-refractivity contribution >= 4 is 23.7 Å². The van der Waals surface area contributed by atoms with Gasteiger partial charge in [-0.2, -0.15) is 5.10 Å². The number of hydrazone groups is 1. The van der Waals surface area contributed by atoms with Crippen molar-refractivity contribution in [3.63, 3.8) is 0 Å². The summed E-state index contributed by atoms with van der Waals surface area (Å²) in [5.74, 6) is -0.210. The molecule has 0 saturated carbocycles. The van der Waals surface area contributed by atoms with Gasteiger partial charge in [-0.3, -0.25) is 4.79 Å². The molecule has 0 spiro atoms. The van der Waals surface area contributed by atoms with E-state index in [1.54, 1.807) is 18.3 Å². The van der Waals surface area contributed by atoms with Crippen LogP contribution in [0.3, 0.4) is 0 Å². The Kier molecular flexibility index (Phi) is 3.40. The van der Waals surface area contributed by atoms with Gasteiger partial charge in [-0.1, -0.05) is 11.6 Å². The first-order chi connectivity index (χ1) is 6.18. The second kappa shape index (κ2) is 4.57. The predicted molar refractivity (Wildman–Crippen MR) is 50.7 cm³/mol. The Morgan fingerprint density at radius 1 is 1.69 bits per heavy atom. The normalized spacial score (nSPS) is 10.3. The molecule has 1 amide bonds.